The van der Waals surface area contributed by atoms with E-state index in [1.165, 1.54) is 53.6 Å². The monoisotopic (exact) mass is 683 g/mol. The van der Waals surface area contributed by atoms with E-state index in [1.807, 2.05) is 0 Å². The van der Waals surface area contributed by atoms with Crippen LogP contribution in [0.2, 0.25) is 0 Å². The van der Waals surface area contributed by atoms with Crippen LogP contribution in [0.4, 0.5) is 0 Å². The first kappa shape index (κ1) is 30.6. The van der Waals surface area contributed by atoms with Crippen LogP contribution in [0.15, 0.2) is 164 Å². The molecule has 0 unspecified atom stereocenters. The summed E-state index contributed by atoms with van der Waals surface area (Å²) in [6.45, 7) is 4.69. The van der Waals surface area contributed by atoms with Gasteiger partial charge < -0.3 is 0 Å². The average Bonchev–Trinajstić information content (AvgIpc) is 3.71. The smallest absolute Gasteiger partial charge is 0.165 e. The van der Waals surface area contributed by atoms with Gasteiger partial charge in [0.15, 0.2) is 17.5 Å². The third kappa shape index (κ3) is 4.75. The predicted molar refractivity (Wildman–Crippen MR) is 217 cm³/mol. The van der Waals surface area contributed by atoms with Gasteiger partial charge in [-0.25, -0.2) is 15.0 Å². The van der Waals surface area contributed by atoms with Crippen LogP contribution < -0.4 is 0 Å². The Labute approximate surface area is 307 Å². The van der Waals surface area contributed by atoms with Crippen molar-refractivity contribution >= 4 is 31.5 Å². The van der Waals surface area contributed by atoms with Gasteiger partial charge in [-0.3, -0.25) is 0 Å². The lowest BCUT2D eigenvalue weighted by molar-refractivity contribution is 0.662. The Morgan fingerprint density at radius 2 is 0.923 bits per heavy atom. The number of thiophene rings is 1. The molecular weight excluding hydrogens is 651 g/mol. The van der Waals surface area contributed by atoms with Crippen molar-refractivity contribution in [3.05, 3.63) is 175 Å². The molecule has 10 rings (SSSR count). The van der Waals surface area contributed by atoms with Gasteiger partial charge in [-0.2, -0.15) is 0 Å². The van der Waals surface area contributed by atoms with E-state index in [0.29, 0.717) is 17.5 Å². The third-order valence-electron chi connectivity index (χ3n) is 10.6. The molecule has 9 aromatic rings. The van der Waals surface area contributed by atoms with Crippen molar-refractivity contribution in [2.45, 2.75) is 19.3 Å². The van der Waals surface area contributed by atoms with Gasteiger partial charge in [0.05, 0.1) is 0 Å². The van der Waals surface area contributed by atoms with Gasteiger partial charge in [0.1, 0.15) is 0 Å². The molecule has 2 heterocycles. The van der Waals surface area contributed by atoms with E-state index in [2.05, 4.69) is 178 Å². The second kappa shape index (κ2) is 11.9. The molecule has 0 saturated heterocycles. The van der Waals surface area contributed by atoms with Crippen molar-refractivity contribution in [2.24, 2.45) is 0 Å². The summed E-state index contributed by atoms with van der Waals surface area (Å²) in [6.07, 6.45) is 0. The van der Waals surface area contributed by atoms with Crippen LogP contribution >= 0.6 is 11.3 Å². The highest BCUT2D eigenvalue weighted by molar-refractivity contribution is 7.26. The van der Waals surface area contributed by atoms with Crippen LogP contribution in [-0.2, 0) is 5.41 Å². The zero-order chi connectivity index (χ0) is 34.8. The van der Waals surface area contributed by atoms with Crippen LogP contribution in [0, 0.1) is 0 Å². The highest BCUT2D eigenvalue weighted by Gasteiger charge is 2.39. The zero-order valence-corrected chi connectivity index (χ0v) is 29.7. The van der Waals surface area contributed by atoms with Crippen molar-refractivity contribution in [1.82, 2.24) is 15.0 Å². The molecule has 0 aliphatic heterocycles. The van der Waals surface area contributed by atoms with Crippen LogP contribution in [0.1, 0.15) is 25.0 Å². The Bertz CT molecular complexity index is 2820. The van der Waals surface area contributed by atoms with Gasteiger partial charge in [0.2, 0.25) is 0 Å². The first-order chi connectivity index (χ1) is 25.6. The van der Waals surface area contributed by atoms with Crippen LogP contribution in [0.25, 0.3) is 87.7 Å². The lowest BCUT2D eigenvalue weighted by Gasteiger charge is -2.25. The summed E-state index contributed by atoms with van der Waals surface area (Å²) in [4.78, 5) is 16.1. The van der Waals surface area contributed by atoms with Gasteiger partial charge in [0.25, 0.3) is 0 Å². The van der Waals surface area contributed by atoms with Crippen LogP contribution in [0.3, 0.4) is 0 Å². The summed E-state index contributed by atoms with van der Waals surface area (Å²) in [5, 5.41) is 2.47. The van der Waals surface area contributed by atoms with Crippen LogP contribution in [-0.4, -0.2) is 15.0 Å². The van der Waals surface area contributed by atoms with Gasteiger partial charge >= 0.3 is 0 Å². The molecule has 0 bridgehead atoms. The Kier molecular flexibility index (Phi) is 7.02. The number of fused-ring (bicyclic) bond motifs is 6. The van der Waals surface area contributed by atoms with Crippen molar-refractivity contribution in [1.29, 1.82) is 0 Å². The van der Waals surface area contributed by atoms with E-state index in [4.69, 9.17) is 15.0 Å². The SMILES string of the molecule is CC1(C)c2ccccc2-c2c(-c3nc(-c4ccccc4-c4ccccc4)nc(-c4cccc5c4sc4ccccc45)n3)ccc(-c3ccccc3)c21. The van der Waals surface area contributed by atoms with E-state index in [0.717, 1.165) is 27.8 Å². The second-order valence-corrected chi connectivity index (χ2v) is 15.0. The third-order valence-corrected chi connectivity index (χ3v) is 11.8. The predicted octanol–water partition coefficient (Wildman–Crippen LogP) is 12.9. The molecular formula is C48H33N3S. The molecule has 0 atom stereocenters. The lowest BCUT2D eigenvalue weighted by atomic mass is 9.78. The van der Waals surface area contributed by atoms with Crippen LogP contribution in [0.5, 0.6) is 0 Å². The molecule has 4 heteroatoms. The van der Waals surface area contributed by atoms with Crippen molar-refractivity contribution in [3.63, 3.8) is 0 Å². The Morgan fingerprint density at radius 1 is 0.404 bits per heavy atom. The maximum Gasteiger partial charge on any atom is 0.165 e. The van der Waals surface area contributed by atoms with Crippen molar-refractivity contribution < 1.29 is 0 Å². The van der Waals surface area contributed by atoms with E-state index in [1.54, 1.807) is 11.3 Å². The molecule has 1 aliphatic carbocycles. The normalized spacial score (nSPS) is 13.0. The van der Waals surface area contributed by atoms with Crippen molar-refractivity contribution in [3.8, 4) is 67.5 Å². The molecule has 0 saturated carbocycles. The number of hydrogen-bond acceptors (Lipinski definition) is 4. The Morgan fingerprint density at radius 3 is 1.67 bits per heavy atom. The lowest BCUT2D eigenvalue weighted by Crippen LogP contribution is -2.16. The Hall–Kier alpha value is -6.23. The standard InChI is InChI=1S/C48H33N3S/c1-48(2)40-26-13-11-23-37(40)42-38(29-28-33(43(42)48)31-18-7-4-8-19-31)46-49-45(36-22-10-9-20-32(36)30-16-5-3-6-17-30)50-47(51-46)39-25-15-24-35-34-21-12-14-27-41(34)52-44(35)39/h3-29H,1-2H3. The first-order valence-corrected chi connectivity index (χ1v) is 18.5. The molecule has 1 aliphatic rings. The van der Waals surface area contributed by atoms with Crippen molar-refractivity contribution in [2.75, 3.05) is 0 Å². The molecule has 0 fully saturated rings. The first-order valence-electron chi connectivity index (χ1n) is 17.7. The minimum absolute atomic E-state index is 0.228. The molecule has 0 amide bonds. The molecule has 52 heavy (non-hydrogen) atoms. The molecule has 2 aromatic heterocycles. The zero-order valence-electron chi connectivity index (χ0n) is 28.8. The van der Waals surface area contributed by atoms with E-state index >= 15 is 0 Å². The van der Waals surface area contributed by atoms with E-state index in [-0.39, 0.29) is 5.41 Å². The van der Waals surface area contributed by atoms with E-state index in [9.17, 15) is 0 Å². The highest BCUT2D eigenvalue weighted by atomic mass is 32.1. The summed E-state index contributed by atoms with van der Waals surface area (Å²) in [5.74, 6) is 2.00. The summed E-state index contributed by atoms with van der Waals surface area (Å²) in [6, 6.07) is 58.1. The summed E-state index contributed by atoms with van der Waals surface area (Å²) >= 11 is 1.80. The fourth-order valence-electron chi connectivity index (χ4n) is 8.17. The molecule has 0 N–H and O–H groups in total. The number of hydrogen-bond donors (Lipinski definition) is 0. The summed E-state index contributed by atoms with van der Waals surface area (Å²) in [7, 11) is 0. The molecule has 246 valence electrons. The number of benzene rings is 7. The summed E-state index contributed by atoms with van der Waals surface area (Å²) in [5.41, 5.74) is 12.5. The Balaban J connectivity index is 1.29. The highest BCUT2D eigenvalue weighted by Crippen LogP contribution is 2.55. The fraction of sp³-hybridized carbons (Fsp3) is 0.0625. The van der Waals surface area contributed by atoms with E-state index < -0.39 is 0 Å². The van der Waals surface area contributed by atoms with Gasteiger partial charge in [0, 0.05) is 42.3 Å². The largest absolute Gasteiger partial charge is 0.208 e. The molecule has 0 radical (unpaired) electrons. The molecule has 0 spiro atoms. The van der Waals surface area contributed by atoms with Gasteiger partial charge in [-0.05, 0) is 62.7 Å². The number of rotatable bonds is 5. The van der Waals surface area contributed by atoms with Gasteiger partial charge in [-0.1, -0.05) is 159 Å². The number of nitrogens with zero attached hydrogens (tertiary/aromatic N) is 3. The maximum atomic E-state index is 5.41. The summed E-state index contributed by atoms with van der Waals surface area (Å²) < 4.78 is 2.43. The quantitative estimate of drug-likeness (QED) is 0.181. The molecule has 3 nitrogen and oxygen atoms in total. The van der Waals surface area contributed by atoms with Gasteiger partial charge in [-0.15, -0.1) is 11.3 Å². The topological polar surface area (TPSA) is 38.7 Å². The minimum atomic E-state index is -0.228. The fourth-order valence-corrected chi connectivity index (χ4v) is 9.38. The second-order valence-electron chi connectivity index (χ2n) is 13.9. The maximum absolute atomic E-state index is 5.41. The molecule has 7 aromatic carbocycles. The average molecular weight is 684 g/mol. The number of aromatic nitrogens is 3. The minimum Gasteiger partial charge on any atom is -0.208 e.